The first kappa shape index (κ1) is 13.1. The number of amides is 1. The highest BCUT2D eigenvalue weighted by Crippen LogP contribution is 2.09. The van der Waals surface area contributed by atoms with Crippen LogP contribution in [0.4, 0.5) is 0 Å². The second-order valence-corrected chi connectivity index (χ2v) is 5.08. The minimum absolute atomic E-state index is 0.0553. The van der Waals surface area contributed by atoms with Crippen molar-refractivity contribution in [2.24, 2.45) is 5.92 Å². The number of hydrogen-bond acceptors (Lipinski definition) is 3. The SMILES string of the molecule is Cc1cc(C)n(CC(=O)NCC2CCNCC2)n1. The molecule has 5 nitrogen and oxygen atoms in total. The highest BCUT2D eigenvalue weighted by Gasteiger charge is 2.14. The smallest absolute Gasteiger partial charge is 0.241 e. The molecule has 5 heteroatoms. The summed E-state index contributed by atoms with van der Waals surface area (Å²) >= 11 is 0. The fourth-order valence-electron chi connectivity index (χ4n) is 2.37. The van der Waals surface area contributed by atoms with E-state index in [1.807, 2.05) is 19.9 Å². The summed E-state index contributed by atoms with van der Waals surface area (Å²) in [7, 11) is 0. The van der Waals surface area contributed by atoms with Crippen LogP contribution in [0.25, 0.3) is 0 Å². The Bertz CT molecular complexity index is 407. The van der Waals surface area contributed by atoms with Crippen LogP contribution in [-0.4, -0.2) is 35.3 Å². The van der Waals surface area contributed by atoms with Crippen LogP contribution in [0.2, 0.25) is 0 Å². The lowest BCUT2D eigenvalue weighted by molar-refractivity contribution is -0.122. The van der Waals surface area contributed by atoms with E-state index in [2.05, 4.69) is 15.7 Å². The Morgan fingerprint density at radius 3 is 2.83 bits per heavy atom. The Balaban J connectivity index is 1.76. The molecule has 0 spiro atoms. The van der Waals surface area contributed by atoms with Crippen LogP contribution in [-0.2, 0) is 11.3 Å². The molecule has 0 aromatic carbocycles. The molecular formula is C13H22N4O. The Labute approximate surface area is 108 Å². The largest absolute Gasteiger partial charge is 0.354 e. The quantitative estimate of drug-likeness (QED) is 0.823. The van der Waals surface area contributed by atoms with Crippen molar-refractivity contribution in [2.75, 3.05) is 19.6 Å². The third-order valence-corrected chi connectivity index (χ3v) is 3.44. The van der Waals surface area contributed by atoms with E-state index in [1.54, 1.807) is 4.68 Å². The van der Waals surface area contributed by atoms with Gasteiger partial charge in [0.25, 0.3) is 0 Å². The molecule has 100 valence electrons. The maximum atomic E-state index is 11.8. The summed E-state index contributed by atoms with van der Waals surface area (Å²) in [6, 6.07) is 1.99. The Morgan fingerprint density at radius 1 is 1.50 bits per heavy atom. The van der Waals surface area contributed by atoms with Crippen molar-refractivity contribution in [2.45, 2.75) is 33.2 Å². The van der Waals surface area contributed by atoms with Gasteiger partial charge in [-0.15, -0.1) is 0 Å². The maximum absolute atomic E-state index is 11.8. The van der Waals surface area contributed by atoms with Gasteiger partial charge in [-0.25, -0.2) is 0 Å². The number of carbonyl (C=O) groups is 1. The monoisotopic (exact) mass is 250 g/mol. The van der Waals surface area contributed by atoms with E-state index in [4.69, 9.17) is 0 Å². The zero-order chi connectivity index (χ0) is 13.0. The van der Waals surface area contributed by atoms with Crippen LogP contribution in [0.1, 0.15) is 24.2 Å². The molecular weight excluding hydrogens is 228 g/mol. The lowest BCUT2D eigenvalue weighted by Gasteiger charge is -2.22. The van der Waals surface area contributed by atoms with E-state index in [-0.39, 0.29) is 5.91 Å². The van der Waals surface area contributed by atoms with Crippen molar-refractivity contribution < 1.29 is 4.79 Å². The molecule has 2 N–H and O–H groups in total. The van der Waals surface area contributed by atoms with E-state index in [9.17, 15) is 4.79 Å². The van der Waals surface area contributed by atoms with Gasteiger partial charge in [0.05, 0.1) is 5.69 Å². The topological polar surface area (TPSA) is 59.0 Å². The van der Waals surface area contributed by atoms with Crippen LogP contribution in [0.3, 0.4) is 0 Å². The highest BCUT2D eigenvalue weighted by atomic mass is 16.2. The molecule has 0 bridgehead atoms. The van der Waals surface area contributed by atoms with Gasteiger partial charge in [0.15, 0.2) is 0 Å². The summed E-state index contributed by atoms with van der Waals surface area (Å²) in [6.07, 6.45) is 2.31. The standard InChI is InChI=1S/C13H22N4O/c1-10-7-11(2)17(16-10)9-13(18)15-8-12-3-5-14-6-4-12/h7,12,14H,3-6,8-9H2,1-2H3,(H,15,18). The predicted octanol–water partition coefficient (Wildman–Crippen LogP) is 0.616. The fourth-order valence-corrected chi connectivity index (χ4v) is 2.37. The summed E-state index contributed by atoms with van der Waals surface area (Å²) < 4.78 is 1.76. The molecule has 18 heavy (non-hydrogen) atoms. The lowest BCUT2D eigenvalue weighted by atomic mass is 9.98. The molecule has 1 fully saturated rings. The molecule has 2 rings (SSSR count). The van der Waals surface area contributed by atoms with Crippen LogP contribution in [0, 0.1) is 19.8 Å². The summed E-state index contributed by atoms with van der Waals surface area (Å²) in [5.74, 6) is 0.676. The molecule has 1 aliphatic heterocycles. The van der Waals surface area contributed by atoms with E-state index >= 15 is 0 Å². The van der Waals surface area contributed by atoms with Gasteiger partial charge in [-0.1, -0.05) is 0 Å². The lowest BCUT2D eigenvalue weighted by Crippen LogP contribution is -2.37. The molecule has 1 aromatic rings. The second kappa shape index (κ2) is 6.00. The first-order valence-electron chi connectivity index (χ1n) is 6.63. The van der Waals surface area contributed by atoms with Gasteiger partial charge < -0.3 is 10.6 Å². The summed E-state index contributed by atoms with van der Waals surface area (Å²) in [4.78, 5) is 11.8. The maximum Gasteiger partial charge on any atom is 0.241 e. The molecule has 1 aliphatic rings. The third kappa shape index (κ3) is 3.57. The van der Waals surface area contributed by atoms with Crippen LogP contribution < -0.4 is 10.6 Å². The zero-order valence-electron chi connectivity index (χ0n) is 11.2. The van der Waals surface area contributed by atoms with E-state index in [0.29, 0.717) is 12.5 Å². The molecule has 0 radical (unpaired) electrons. The summed E-state index contributed by atoms with van der Waals surface area (Å²) in [5, 5.41) is 10.6. The van der Waals surface area contributed by atoms with E-state index in [1.165, 1.54) is 0 Å². The highest BCUT2D eigenvalue weighted by molar-refractivity contribution is 5.75. The minimum Gasteiger partial charge on any atom is -0.354 e. The molecule has 0 unspecified atom stereocenters. The van der Waals surface area contributed by atoms with Crippen LogP contribution in [0.5, 0.6) is 0 Å². The van der Waals surface area contributed by atoms with E-state index < -0.39 is 0 Å². The average Bonchev–Trinajstić information content (AvgIpc) is 2.67. The van der Waals surface area contributed by atoms with E-state index in [0.717, 1.165) is 43.9 Å². The number of aryl methyl sites for hydroxylation is 2. The van der Waals surface area contributed by atoms with Crippen molar-refractivity contribution >= 4 is 5.91 Å². The van der Waals surface area contributed by atoms with Crippen LogP contribution >= 0.6 is 0 Å². The van der Waals surface area contributed by atoms with Crippen molar-refractivity contribution in [1.82, 2.24) is 20.4 Å². The molecule has 1 aromatic heterocycles. The molecule has 1 saturated heterocycles. The Morgan fingerprint density at radius 2 is 2.22 bits per heavy atom. The van der Waals surface area contributed by atoms with Crippen molar-refractivity contribution in [1.29, 1.82) is 0 Å². The Hall–Kier alpha value is -1.36. The number of nitrogens with one attached hydrogen (secondary N) is 2. The summed E-state index contributed by atoms with van der Waals surface area (Å²) in [6.45, 7) is 7.16. The van der Waals surface area contributed by atoms with Gasteiger partial charge in [0, 0.05) is 12.2 Å². The predicted molar refractivity (Wildman–Crippen MR) is 70.3 cm³/mol. The Kier molecular flexibility index (Phi) is 4.36. The van der Waals surface area contributed by atoms with Gasteiger partial charge in [0.2, 0.25) is 5.91 Å². The van der Waals surface area contributed by atoms with Crippen molar-refractivity contribution in [3.63, 3.8) is 0 Å². The normalized spacial score (nSPS) is 16.8. The number of hydrogen-bond donors (Lipinski definition) is 2. The number of aromatic nitrogens is 2. The van der Waals surface area contributed by atoms with Gasteiger partial charge in [0.1, 0.15) is 6.54 Å². The number of piperidine rings is 1. The van der Waals surface area contributed by atoms with Crippen molar-refractivity contribution in [3.05, 3.63) is 17.5 Å². The molecule has 1 amide bonds. The zero-order valence-corrected chi connectivity index (χ0v) is 11.2. The first-order chi connectivity index (χ1) is 8.65. The van der Waals surface area contributed by atoms with Crippen molar-refractivity contribution in [3.8, 4) is 0 Å². The third-order valence-electron chi connectivity index (χ3n) is 3.44. The molecule has 2 heterocycles. The molecule has 0 aliphatic carbocycles. The number of nitrogens with zero attached hydrogens (tertiary/aromatic N) is 2. The van der Waals surface area contributed by atoms with Gasteiger partial charge in [-0.05, 0) is 51.8 Å². The minimum atomic E-state index is 0.0553. The van der Waals surface area contributed by atoms with Gasteiger partial charge in [-0.2, -0.15) is 5.10 Å². The summed E-state index contributed by atoms with van der Waals surface area (Å²) in [5.41, 5.74) is 1.99. The first-order valence-corrected chi connectivity index (χ1v) is 6.63. The second-order valence-electron chi connectivity index (χ2n) is 5.08. The molecule has 0 atom stereocenters. The van der Waals surface area contributed by atoms with Crippen LogP contribution in [0.15, 0.2) is 6.07 Å². The number of carbonyl (C=O) groups excluding carboxylic acids is 1. The van der Waals surface area contributed by atoms with Gasteiger partial charge >= 0.3 is 0 Å². The average molecular weight is 250 g/mol. The van der Waals surface area contributed by atoms with Gasteiger partial charge in [-0.3, -0.25) is 9.48 Å². The number of rotatable bonds is 4. The fraction of sp³-hybridized carbons (Fsp3) is 0.692. The molecule has 0 saturated carbocycles.